The zero-order chi connectivity index (χ0) is 31.0. The molecule has 3 aliphatic carbocycles. The fourth-order valence-electron chi connectivity index (χ4n) is 7.51. The first-order valence-electron chi connectivity index (χ1n) is 15.7. The van der Waals surface area contributed by atoms with Crippen molar-refractivity contribution in [3.63, 3.8) is 0 Å². The van der Waals surface area contributed by atoms with Crippen molar-refractivity contribution >= 4 is 27.1 Å². The fourth-order valence-corrected chi connectivity index (χ4v) is 9.22. The molecule has 43 heavy (non-hydrogen) atoms. The number of ether oxygens (including phenoxy) is 1. The van der Waals surface area contributed by atoms with E-state index in [1.807, 2.05) is 37.3 Å². The monoisotopic (exact) mass is 629 g/mol. The molecule has 236 valence electrons. The Kier molecular flexibility index (Phi) is 9.72. The summed E-state index contributed by atoms with van der Waals surface area (Å²) in [6.07, 6.45) is 8.75. The summed E-state index contributed by atoms with van der Waals surface area (Å²) in [6, 6.07) is 9.82. The number of aryl methyl sites for hydroxylation is 1. The minimum absolute atomic E-state index is 0.000928. The van der Waals surface area contributed by atoms with Crippen molar-refractivity contribution in [3.05, 3.63) is 68.4 Å². The third-order valence-corrected chi connectivity index (χ3v) is 12.4. The normalized spacial score (nSPS) is 30.3. The predicted octanol–water partition coefficient (Wildman–Crippen LogP) is 5.77. The molecule has 2 bridgehead atoms. The summed E-state index contributed by atoms with van der Waals surface area (Å²) in [4.78, 5) is 15.8. The Hall–Kier alpha value is -1.88. The lowest BCUT2D eigenvalue weighted by molar-refractivity contribution is -0.0753. The number of ketones is 1. The van der Waals surface area contributed by atoms with Gasteiger partial charge in [-0.25, -0.2) is 8.42 Å². The van der Waals surface area contributed by atoms with E-state index in [1.54, 1.807) is 0 Å². The number of sulfonamides is 1. The molecular weight excluding hydrogens is 583 g/mol. The number of carbonyl (C=O) groups excluding carboxylic acids is 1. The number of fused-ring (bicyclic) bond motifs is 8. The van der Waals surface area contributed by atoms with E-state index in [0.29, 0.717) is 55.6 Å². The van der Waals surface area contributed by atoms with Gasteiger partial charge in [0.25, 0.3) is 0 Å². The highest BCUT2D eigenvalue weighted by atomic mass is 32.2. The third kappa shape index (κ3) is 7.02. The van der Waals surface area contributed by atoms with Crippen molar-refractivity contribution < 1.29 is 28.2 Å². The minimum atomic E-state index is -3.61. The summed E-state index contributed by atoms with van der Waals surface area (Å²) < 4.78 is 33.3. The molecule has 1 aromatic carbocycles. The summed E-state index contributed by atoms with van der Waals surface area (Å²) in [6.45, 7) is 7.03. The summed E-state index contributed by atoms with van der Waals surface area (Å²) in [5.41, 5.74) is 1.64. The van der Waals surface area contributed by atoms with Crippen LogP contribution in [0.15, 0.2) is 42.0 Å². The highest BCUT2D eigenvalue weighted by Crippen LogP contribution is 2.59. The van der Waals surface area contributed by atoms with Gasteiger partial charge in [0.05, 0.1) is 28.9 Å². The molecule has 2 heterocycles. The highest BCUT2D eigenvalue weighted by Gasteiger charge is 2.58. The lowest BCUT2D eigenvalue weighted by atomic mass is 9.65. The Balaban J connectivity index is 1.59. The number of hydrogen-bond donors (Lipinski definition) is 2. The van der Waals surface area contributed by atoms with Crippen LogP contribution in [-0.4, -0.2) is 72.5 Å². The number of hydrogen-bond acceptors (Lipinski definition) is 7. The Morgan fingerprint density at radius 1 is 1.14 bits per heavy atom. The summed E-state index contributed by atoms with van der Waals surface area (Å²) >= 11 is 1.47. The van der Waals surface area contributed by atoms with Crippen LogP contribution < -0.4 is 0 Å². The van der Waals surface area contributed by atoms with Gasteiger partial charge in [-0.2, -0.15) is 4.31 Å². The van der Waals surface area contributed by atoms with Crippen LogP contribution in [0, 0.1) is 12.3 Å². The van der Waals surface area contributed by atoms with Crippen LogP contribution in [0.3, 0.4) is 0 Å². The van der Waals surface area contributed by atoms with E-state index in [2.05, 4.69) is 19.9 Å². The minimum Gasteiger partial charge on any atom is -0.393 e. The molecule has 0 unspecified atom stereocenters. The maximum atomic E-state index is 14.1. The van der Waals surface area contributed by atoms with Crippen molar-refractivity contribution in [3.8, 4) is 0 Å². The zero-order valence-corrected chi connectivity index (χ0v) is 27.6. The van der Waals surface area contributed by atoms with Crippen LogP contribution in [0.2, 0.25) is 0 Å². The Morgan fingerprint density at radius 3 is 2.60 bits per heavy atom. The molecule has 1 saturated heterocycles. The summed E-state index contributed by atoms with van der Waals surface area (Å²) in [5, 5.41) is 23.4. The molecule has 2 fully saturated rings. The molecule has 0 radical (unpaired) electrons. The molecule has 9 heteroatoms. The van der Waals surface area contributed by atoms with Crippen LogP contribution in [0.1, 0.15) is 102 Å². The smallest absolute Gasteiger partial charge is 0.211 e. The molecule has 1 saturated carbocycles. The molecule has 2 N–H and O–H groups in total. The molecule has 4 aliphatic rings. The largest absolute Gasteiger partial charge is 0.393 e. The average Bonchev–Trinajstić information content (AvgIpc) is 3.67. The first kappa shape index (κ1) is 32.5. The maximum Gasteiger partial charge on any atom is 0.211 e. The molecule has 1 aromatic heterocycles. The number of aliphatic hydroxyl groups excluding tert-OH is 1. The summed E-state index contributed by atoms with van der Waals surface area (Å²) in [7, 11) is -3.61. The summed E-state index contributed by atoms with van der Waals surface area (Å²) in [5.74, 6) is -0.196. The Bertz CT molecular complexity index is 1460. The van der Waals surface area contributed by atoms with Crippen LogP contribution in [0.4, 0.5) is 0 Å². The van der Waals surface area contributed by atoms with Crippen LogP contribution in [0.5, 0.6) is 0 Å². The number of nitrogens with zero attached hydrogens (tertiary/aromatic N) is 1. The maximum absolute atomic E-state index is 14.1. The quantitative estimate of drug-likeness (QED) is 0.298. The Morgan fingerprint density at radius 2 is 1.93 bits per heavy atom. The lowest BCUT2D eigenvalue weighted by Gasteiger charge is -2.46. The van der Waals surface area contributed by atoms with Crippen LogP contribution in [-0.2, 0) is 21.2 Å². The van der Waals surface area contributed by atoms with Crippen molar-refractivity contribution in [2.45, 2.75) is 102 Å². The standard InChI is InChI=1S/C34H47NO6S2/c1-23-7-5-16-33(3)30(15-17-34(33,38)22-35(43(4,39)40)21-27-8-6-18-41-27)28-13-11-25(19-26(36)12-9-23)20-29(28)32(37)31-14-10-24(2)42-31/h7,10-11,13-14,20,26-27,30,36,38H,5-6,8-9,12,15-19,21-22H2,1-4H3/t26-,27+,30-,33-,34+/m0/s1. The van der Waals surface area contributed by atoms with Crippen molar-refractivity contribution in [2.24, 2.45) is 5.41 Å². The molecule has 2 aromatic rings. The number of rotatable bonds is 7. The first-order valence-corrected chi connectivity index (χ1v) is 18.3. The van der Waals surface area contributed by atoms with Gasteiger partial charge in [-0.1, -0.05) is 30.7 Å². The topological polar surface area (TPSA) is 104 Å². The molecule has 6 rings (SSSR count). The molecule has 5 atom stereocenters. The zero-order valence-electron chi connectivity index (χ0n) is 26.0. The van der Waals surface area contributed by atoms with Gasteiger partial charge < -0.3 is 14.9 Å². The van der Waals surface area contributed by atoms with Crippen molar-refractivity contribution in [2.75, 3.05) is 26.0 Å². The lowest BCUT2D eigenvalue weighted by Crippen LogP contribution is -2.54. The van der Waals surface area contributed by atoms with Crippen molar-refractivity contribution in [1.29, 1.82) is 0 Å². The first-order chi connectivity index (χ1) is 20.3. The SMILES string of the molecule is CC1=CCC[C@@]2(C)[C@@H](CC[C@@]2(O)CN(C[C@H]2CCCO2)S(C)(=O)=O)c2ccc(cc2C(=O)c2ccc(C)s2)C[C@@H](O)CC1. The molecule has 7 nitrogen and oxygen atoms in total. The number of benzene rings is 1. The second-order valence-electron chi connectivity index (χ2n) is 13.4. The van der Waals surface area contributed by atoms with Gasteiger partial charge in [-0.05, 0) is 107 Å². The van der Waals surface area contributed by atoms with Crippen LogP contribution >= 0.6 is 11.3 Å². The molecule has 0 amide bonds. The Labute approximate surface area is 261 Å². The molecule has 0 spiro atoms. The van der Waals surface area contributed by atoms with Gasteiger partial charge in [0.2, 0.25) is 15.8 Å². The molecular formula is C34H47NO6S2. The van der Waals surface area contributed by atoms with E-state index < -0.39 is 27.1 Å². The van der Waals surface area contributed by atoms with E-state index in [1.165, 1.54) is 27.5 Å². The van der Waals surface area contributed by atoms with Gasteiger partial charge in [0.15, 0.2) is 0 Å². The highest BCUT2D eigenvalue weighted by molar-refractivity contribution is 7.88. The van der Waals surface area contributed by atoms with E-state index >= 15 is 0 Å². The van der Waals surface area contributed by atoms with Crippen molar-refractivity contribution in [1.82, 2.24) is 4.31 Å². The van der Waals surface area contributed by atoms with E-state index in [9.17, 15) is 23.4 Å². The second kappa shape index (κ2) is 12.9. The third-order valence-electron chi connectivity index (χ3n) is 10.2. The fraction of sp³-hybridized carbons (Fsp3) is 0.618. The van der Waals surface area contributed by atoms with Crippen LogP contribution in [0.25, 0.3) is 0 Å². The molecule has 1 aliphatic heterocycles. The van der Waals surface area contributed by atoms with Gasteiger partial charge in [0, 0.05) is 35.6 Å². The number of aliphatic hydroxyl groups is 2. The van der Waals surface area contributed by atoms with Gasteiger partial charge >= 0.3 is 0 Å². The van der Waals surface area contributed by atoms with Gasteiger partial charge in [0.1, 0.15) is 0 Å². The van der Waals surface area contributed by atoms with Gasteiger partial charge in [-0.3, -0.25) is 4.79 Å². The number of carbonyl (C=O) groups is 1. The average molecular weight is 630 g/mol. The number of allylic oxidation sites excluding steroid dienone is 2. The predicted molar refractivity (Wildman–Crippen MR) is 171 cm³/mol. The van der Waals surface area contributed by atoms with E-state index in [4.69, 9.17) is 4.74 Å². The van der Waals surface area contributed by atoms with Gasteiger partial charge in [-0.15, -0.1) is 11.3 Å². The van der Waals surface area contributed by atoms with E-state index in [0.717, 1.165) is 35.3 Å². The van der Waals surface area contributed by atoms with E-state index in [-0.39, 0.29) is 30.9 Å². The second-order valence-corrected chi connectivity index (χ2v) is 16.6. The number of thiophene rings is 1.